The molecule has 1 aromatic heterocycles. The van der Waals surface area contributed by atoms with E-state index in [0.717, 1.165) is 22.6 Å². The third-order valence-corrected chi connectivity index (χ3v) is 4.27. The van der Waals surface area contributed by atoms with Crippen molar-refractivity contribution < 1.29 is 19.4 Å². The summed E-state index contributed by atoms with van der Waals surface area (Å²) in [6.07, 6.45) is 1.18. The Bertz CT molecular complexity index is 828. The van der Waals surface area contributed by atoms with E-state index in [1.165, 1.54) is 6.20 Å². The normalized spacial score (nSPS) is 12.2. The average Bonchev–Trinajstić information content (AvgIpc) is 2.62. The van der Waals surface area contributed by atoms with Crippen molar-refractivity contribution in [2.75, 3.05) is 5.32 Å². The maximum Gasteiger partial charge on any atom is 0.408 e. The summed E-state index contributed by atoms with van der Waals surface area (Å²) in [7, 11) is 0. The second kappa shape index (κ2) is 8.73. The smallest absolute Gasteiger partial charge is 0.408 e. The van der Waals surface area contributed by atoms with E-state index in [1.807, 2.05) is 31.2 Å². The summed E-state index contributed by atoms with van der Waals surface area (Å²) in [6, 6.07) is 10.2. The maximum absolute atomic E-state index is 12.5. The highest BCUT2D eigenvalue weighted by atomic mass is 16.5. The SMILES string of the molecule is CCc1ccccc1Oc1ccc(NC(=O)[C@@H](C)N(C(=O)O)C(C)(C)C)cn1. The molecule has 2 aromatic rings. The van der Waals surface area contributed by atoms with Gasteiger partial charge < -0.3 is 15.2 Å². The van der Waals surface area contributed by atoms with Crippen molar-refractivity contribution >= 4 is 17.7 Å². The summed E-state index contributed by atoms with van der Waals surface area (Å²) >= 11 is 0. The topological polar surface area (TPSA) is 91.8 Å². The first-order chi connectivity index (χ1) is 13.1. The molecule has 0 fully saturated rings. The van der Waals surface area contributed by atoms with Crippen molar-refractivity contribution in [1.82, 2.24) is 9.88 Å². The van der Waals surface area contributed by atoms with Gasteiger partial charge in [0.1, 0.15) is 11.8 Å². The molecule has 0 aliphatic rings. The fourth-order valence-electron chi connectivity index (χ4n) is 2.92. The molecule has 28 heavy (non-hydrogen) atoms. The Morgan fingerprint density at radius 1 is 1.21 bits per heavy atom. The molecule has 2 amide bonds. The molecule has 0 spiro atoms. The molecule has 2 N–H and O–H groups in total. The van der Waals surface area contributed by atoms with Crippen molar-refractivity contribution in [2.24, 2.45) is 0 Å². The highest BCUT2D eigenvalue weighted by molar-refractivity contribution is 5.96. The lowest BCUT2D eigenvalue weighted by Gasteiger charge is -2.37. The van der Waals surface area contributed by atoms with E-state index in [9.17, 15) is 14.7 Å². The first-order valence-corrected chi connectivity index (χ1v) is 9.18. The number of carbonyl (C=O) groups is 2. The van der Waals surface area contributed by atoms with Crippen LogP contribution in [0.15, 0.2) is 42.6 Å². The first-order valence-electron chi connectivity index (χ1n) is 9.18. The summed E-state index contributed by atoms with van der Waals surface area (Å²) < 4.78 is 5.81. The zero-order chi connectivity index (χ0) is 20.9. The Morgan fingerprint density at radius 2 is 1.89 bits per heavy atom. The van der Waals surface area contributed by atoms with Gasteiger partial charge >= 0.3 is 6.09 Å². The highest BCUT2D eigenvalue weighted by Crippen LogP contribution is 2.25. The predicted molar refractivity (Wildman–Crippen MR) is 108 cm³/mol. The molecule has 0 saturated carbocycles. The van der Waals surface area contributed by atoms with Crippen molar-refractivity contribution in [2.45, 2.75) is 52.6 Å². The molecular formula is C21H27N3O4. The summed E-state index contributed by atoms with van der Waals surface area (Å²) in [5.74, 6) is 0.725. The number of aromatic nitrogens is 1. The van der Waals surface area contributed by atoms with Crippen LogP contribution in [-0.4, -0.2) is 38.6 Å². The summed E-state index contributed by atoms with van der Waals surface area (Å²) in [5.41, 5.74) is 0.837. The van der Waals surface area contributed by atoms with Gasteiger partial charge in [0.2, 0.25) is 11.8 Å². The highest BCUT2D eigenvalue weighted by Gasteiger charge is 2.34. The number of carbonyl (C=O) groups excluding carboxylic acids is 1. The number of amides is 2. The molecule has 7 nitrogen and oxygen atoms in total. The Morgan fingerprint density at radius 3 is 2.43 bits per heavy atom. The first kappa shape index (κ1) is 21.2. The summed E-state index contributed by atoms with van der Waals surface area (Å²) in [4.78, 5) is 29.4. The molecule has 1 heterocycles. The molecule has 7 heteroatoms. The third kappa shape index (κ3) is 5.22. The second-order valence-corrected chi connectivity index (χ2v) is 7.44. The molecule has 0 unspecified atom stereocenters. The number of hydrogen-bond acceptors (Lipinski definition) is 4. The van der Waals surface area contributed by atoms with E-state index in [-0.39, 0.29) is 0 Å². The lowest BCUT2D eigenvalue weighted by Crippen LogP contribution is -2.54. The Labute approximate surface area is 165 Å². The molecule has 150 valence electrons. The number of rotatable bonds is 6. The monoisotopic (exact) mass is 385 g/mol. The Balaban J connectivity index is 2.07. The van der Waals surface area contributed by atoms with Crippen molar-refractivity contribution in [3.63, 3.8) is 0 Å². The molecular weight excluding hydrogens is 358 g/mol. The minimum absolute atomic E-state index is 0.411. The van der Waals surface area contributed by atoms with Crippen LogP contribution in [0.3, 0.4) is 0 Å². The zero-order valence-corrected chi connectivity index (χ0v) is 16.9. The number of ether oxygens (including phenoxy) is 1. The molecule has 2 rings (SSSR count). The Hall–Kier alpha value is -3.09. The van der Waals surface area contributed by atoms with Gasteiger partial charge in [-0.3, -0.25) is 9.69 Å². The number of pyridine rings is 1. The third-order valence-electron chi connectivity index (χ3n) is 4.27. The molecule has 0 radical (unpaired) electrons. The van der Waals surface area contributed by atoms with Crippen LogP contribution in [0.5, 0.6) is 11.6 Å². The van der Waals surface area contributed by atoms with E-state index >= 15 is 0 Å². The number of para-hydroxylation sites is 1. The van der Waals surface area contributed by atoms with Crippen molar-refractivity contribution in [3.8, 4) is 11.6 Å². The van der Waals surface area contributed by atoms with Gasteiger partial charge in [-0.15, -0.1) is 0 Å². The number of anilines is 1. The lowest BCUT2D eigenvalue weighted by molar-refractivity contribution is -0.121. The molecule has 1 atom stereocenters. The molecule has 1 aromatic carbocycles. The van der Waals surface area contributed by atoms with Crippen LogP contribution in [0.25, 0.3) is 0 Å². The lowest BCUT2D eigenvalue weighted by atomic mass is 10.0. The Kier molecular flexibility index (Phi) is 6.62. The van der Waals surface area contributed by atoms with Gasteiger partial charge in [0, 0.05) is 11.6 Å². The maximum atomic E-state index is 12.5. The average molecular weight is 385 g/mol. The molecule has 0 aliphatic carbocycles. The number of aryl methyl sites for hydroxylation is 1. The van der Waals surface area contributed by atoms with E-state index in [1.54, 1.807) is 39.8 Å². The van der Waals surface area contributed by atoms with Gasteiger partial charge in [0.05, 0.1) is 11.9 Å². The number of nitrogens with one attached hydrogen (secondary N) is 1. The number of nitrogens with zero attached hydrogens (tertiary/aromatic N) is 2. The van der Waals surface area contributed by atoms with Crippen LogP contribution in [-0.2, 0) is 11.2 Å². The van der Waals surface area contributed by atoms with Crippen LogP contribution in [0.2, 0.25) is 0 Å². The van der Waals surface area contributed by atoms with E-state index in [2.05, 4.69) is 10.3 Å². The summed E-state index contributed by atoms with van der Waals surface area (Å²) in [6.45, 7) is 8.83. The minimum atomic E-state index is -1.15. The van der Waals surface area contributed by atoms with Crippen LogP contribution in [0.1, 0.15) is 40.2 Å². The van der Waals surface area contributed by atoms with Crippen molar-refractivity contribution in [3.05, 3.63) is 48.2 Å². The van der Waals surface area contributed by atoms with Crippen molar-refractivity contribution in [1.29, 1.82) is 0 Å². The van der Waals surface area contributed by atoms with Gasteiger partial charge in [0.25, 0.3) is 0 Å². The van der Waals surface area contributed by atoms with Crippen LogP contribution in [0.4, 0.5) is 10.5 Å². The zero-order valence-electron chi connectivity index (χ0n) is 16.9. The van der Waals surface area contributed by atoms with Crippen LogP contribution < -0.4 is 10.1 Å². The van der Waals surface area contributed by atoms with Gasteiger partial charge in [-0.05, 0) is 51.8 Å². The molecule has 0 bridgehead atoms. The minimum Gasteiger partial charge on any atom is -0.465 e. The quantitative estimate of drug-likeness (QED) is 0.761. The predicted octanol–water partition coefficient (Wildman–Crippen LogP) is 4.54. The fourth-order valence-corrected chi connectivity index (χ4v) is 2.92. The molecule has 0 aliphatic heterocycles. The number of benzene rings is 1. The van der Waals surface area contributed by atoms with Gasteiger partial charge in [-0.2, -0.15) is 0 Å². The standard InChI is InChI=1S/C21H27N3O4/c1-6-15-9-7-8-10-17(15)28-18-12-11-16(13-22-18)23-19(25)14(2)24(20(26)27)21(3,4)5/h7-14H,6H2,1-5H3,(H,23,25)(H,26,27)/t14-/m1/s1. The summed E-state index contributed by atoms with van der Waals surface area (Å²) in [5, 5.41) is 12.1. The van der Waals surface area contributed by atoms with E-state index < -0.39 is 23.6 Å². The van der Waals surface area contributed by atoms with E-state index in [4.69, 9.17) is 4.74 Å². The fraction of sp³-hybridized carbons (Fsp3) is 0.381. The number of carboxylic acid groups (broad SMARTS) is 1. The van der Waals surface area contributed by atoms with Crippen LogP contribution >= 0.6 is 0 Å². The van der Waals surface area contributed by atoms with Gasteiger partial charge in [-0.1, -0.05) is 25.1 Å². The van der Waals surface area contributed by atoms with Crippen LogP contribution in [0, 0.1) is 0 Å². The molecule has 0 saturated heterocycles. The number of hydrogen-bond donors (Lipinski definition) is 2. The van der Waals surface area contributed by atoms with E-state index in [0.29, 0.717) is 11.6 Å². The largest absolute Gasteiger partial charge is 0.465 e. The van der Waals surface area contributed by atoms with Gasteiger partial charge in [0.15, 0.2) is 0 Å². The second-order valence-electron chi connectivity index (χ2n) is 7.44. The van der Waals surface area contributed by atoms with Gasteiger partial charge in [-0.25, -0.2) is 9.78 Å².